The molecule has 0 aliphatic heterocycles. The van der Waals surface area contributed by atoms with Crippen molar-refractivity contribution < 1.29 is 29.4 Å². The lowest BCUT2D eigenvalue weighted by atomic mass is 9.84. The number of ketones is 4. The zero-order valence-corrected chi connectivity index (χ0v) is 20.6. The zero-order valence-electron chi connectivity index (χ0n) is 20.6. The minimum atomic E-state index is -0.289. The molecule has 0 aromatic carbocycles. The molecule has 0 saturated heterocycles. The summed E-state index contributed by atoms with van der Waals surface area (Å²) in [6, 6.07) is 0. The summed E-state index contributed by atoms with van der Waals surface area (Å²) in [6.45, 7) is 7.85. The quantitative estimate of drug-likeness (QED) is 0.420. The van der Waals surface area contributed by atoms with Gasteiger partial charge in [0, 0.05) is 35.5 Å². The van der Waals surface area contributed by atoms with Gasteiger partial charge < -0.3 is 10.2 Å². The lowest BCUT2D eigenvalue weighted by Crippen LogP contribution is -2.18. The number of aliphatic hydroxyl groups excluding tert-OH is 2. The molecule has 6 nitrogen and oxygen atoms in total. The van der Waals surface area contributed by atoms with Crippen LogP contribution in [0.2, 0.25) is 0 Å². The van der Waals surface area contributed by atoms with Crippen LogP contribution in [0.1, 0.15) is 66.2 Å². The first-order valence-electron chi connectivity index (χ1n) is 11.8. The average molecular weight is 469 g/mol. The maximum atomic E-state index is 12.9. The van der Waals surface area contributed by atoms with E-state index in [4.69, 9.17) is 0 Å². The molecule has 2 N–H and O–H groups in total. The van der Waals surface area contributed by atoms with Gasteiger partial charge in [-0.25, -0.2) is 0 Å². The third kappa shape index (κ3) is 7.96. The van der Waals surface area contributed by atoms with Crippen molar-refractivity contribution in [3.63, 3.8) is 0 Å². The molecule has 0 aromatic heterocycles. The topological polar surface area (TPSA) is 109 Å². The van der Waals surface area contributed by atoms with E-state index < -0.39 is 0 Å². The van der Waals surface area contributed by atoms with Gasteiger partial charge in [-0.3, -0.25) is 19.2 Å². The van der Waals surface area contributed by atoms with Gasteiger partial charge in [0.05, 0.1) is 0 Å². The summed E-state index contributed by atoms with van der Waals surface area (Å²) in [5.74, 6) is -1.12. The highest BCUT2D eigenvalue weighted by atomic mass is 16.3. The van der Waals surface area contributed by atoms with E-state index in [-0.39, 0.29) is 58.3 Å². The smallest absolute Gasteiger partial charge is 0.189 e. The van der Waals surface area contributed by atoms with Crippen LogP contribution in [0.3, 0.4) is 0 Å². The van der Waals surface area contributed by atoms with E-state index in [1.807, 2.05) is 27.7 Å². The normalized spacial score (nSPS) is 17.7. The number of hydrogen-bond acceptors (Lipinski definition) is 6. The van der Waals surface area contributed by atoms with Gasteiger partial charge in [-0.15, -0.1) is 0 Å². The summed E-state index contributed by atoms with van der Waals surface area (Å²) >= 11 is 0. The first-order chi connectivity index (χ1) is 15.9. The minimum absolute atomic E-state index is 0.0459. The largest absolute Gasteiger partial charge is 0.396 e. The average Bonchev–Trinajstić information content (AvgIpc) is 2.77. The van der Waals surface area contributed by atoms with Crippen molar-refractivity contribution in [3.8, 4) is 0 Å². The number of hydrogen-bond donors (Lipinski definition) is 2. The Morgan fingerprint density at radius 1 is 0.647 bits per heavy atom. The van der Waals surface area contributed by atoms with Gasteiger partial charge in [-0.1, -0.05) is 39.8 Å². The van der Waals surface area contributed by atoms with Crippen molar-refractivity contribution in [2.24, 2.45) is 10.8 Å². The monoisotopic (exact) mass is 468 g/mol. The summed E-state index contributed by atoms with van der Waals surface area (Å²) in [6.07, 6.45) is 11.6. The summed E-state index contributed by atoms with van der Waals surface area (Å²) in [5, 5.41) is 18.8. The highest BCUT2D eigenvalue weighted by Crippen LogP contribution is 2.28. The second-order valence-electron chi connectivity index (χ2n) is 10.7. The van der Waals surface area contributed by atoms with Crippen molar-refractivity contribution in [1.82, 2.24) is 0 Å². The number of Topliss-reactive ketones (excluding diaryl/α,β-unsaturated/α-hetero) is 2. The third-order valence-corrected chi connectivity index (χ3v) is 6.23. The van der Waals surface area contributed by atoms with Crippen LogP contribution >= 0.6 is 0 Å². The van der Waals surface area contributed by atoms with E-state index in [9.17, 15) is 29.4 Å². The second-order valence-corrected chi connectivity index (χ2v) is 10.7. The highest BCUT2D eigenvalue weighted by Gasteiger charge is 2.24. The van der Waals surface area contributed by atoms with E-state index in [1.54, 1.807) is 0 Å². The molecule has 0 unspecified atom stereocenters. The van der Waals surface area contributed by atoms with Gasteiger partial charge >= 0.3 is 0 Å². The van der Waals surface area contributed by atoms with E-state index in [0.29, 0.717) is 49.7 Å². The molecule has 34 heavy (non-hydrogen) atoms. The first-order valence-corrected chi connectivity index (χ1v) is 11.8. The number of aliphatic hydroxyl groups is 2. The Hall–Kier alpha value is -2.70. The molecule has 0 spiro atoms. The molecule has 2 rings (SSSR count). The molecule has 0 radical (unpaired) electrons. The predicted octanol–water partition coefficient (Wildman–Crippen LogP) is 3.93. The minimum Gasteiger partial charge on any atom is -0.396 e. The fraction of sp³-hybridized carbons (Fsp3) is 0.500. The molecule has 184 valence electrons. The van der Waals surface area contributed by atoms with Crippen molar-refractivity contribution in [2.75, 3.05) is 13.2 Å². The Kier molecular flexibility index (Phi) is 9.42. The Morgan fingerprint density at radius 3 is 1.32 bits per heavy atom. The van der Waals surface area contributed by atoms with Gasteiger partial charge in [-0.05, 0) is 73.7 Å². The maximum absolute atomic E-state index is 12.9. The second kappa shape index (κ2) is 11.6. The van der Waals surface area contributed by atoms with Crippen molar-refractivity contribution in [1.29, 1.82) is 0 Å². The lowest BCUT2D eigenvalue weighted by molar-refractivity contribution is -0.115. The molecule has 0 heterocycles. The van der Waals surface area contributed by atoms with Crippen LogP contribution in [0.15, 0.2) is 58.7 Å². The van der Waals surface area contributed by atoms with Gasteiger partial charge in [0.1, 0.15) is 0 Å². The number of carbonyl (C=O) groups is 4. The van der Waals surface area contributed by atoms with Crippen LogP contribution in [-0.4, -0.2) is 46.6 Å². The van der Waals surface area contributed by atoms with Crippen LogP contribution in [-0.2, 0) is 19.2 Å². The summed E-state index contributed by atoms with van der Waals surface area (Å²) in [5.41, 5.74) is 0.693. The Bertz CT molecular complexity index is 918. The Morgan fingerprint density at radius 2 is 1.00 bits per heavy atom. The molecule has 0 aromatic rings. The number of allylic oxidation sites excluding steroid dienone is 10. The van der Waals surface area contributed by atoms with Crippen molar-refractivity contribution >= 4 is 23.1 Å². The van der Waals surface area contributed by atoms with Gasteiger partial charge in [0.25, 0.3) is 0 Å². The van der Waals surface area contributed by atoms with E-state index in [0.717, 1.165) is 0 Å². The predicted molar refractivity (Wildman–Crippen MR) is 131 cm³/mol. The van der Waals surface area contributed by atoms with Gasteiger partial charge in [-0.2, -0.15) is 0 Å². The Balaban J connectivity index is 2.04. The molecule has 0 atom stereocenters. The zero-order chi connectivity index (χ0) is 25.5. The lowest BCUT2D eigenvalue weighted by Gasteiger charge is -2.22. The molecular weight excluding hydrogens is 432 g/mol. The molecule has 0 fully saturated rings. The fourth-order valence-corrected chi connectivity index (χ4v) is 3.84. The van der Waals surface area contributed by atoms with Crippen molar-refractivity contribution in [2.45, 2.75) is 66.2 Å². The van der Waals surface area contributed by atoms with Crippen LogP contribution < -0.4 is 0 Å². The molecule has 0 amide bonds. The standard InChI is InChI=1S/C28H36O6/c1-27(2,17-29)11-5-7-19-13-23(31)15-21(25(19)33)9-10-22-16-24(32)14-20(26(22)34)8-6-12-28(3,4)18-30/h9-10,13-16,29-30H,5-8,11-12,17-18H2,1-4H3. The van der Waals surface area contributed by atoms with Crippen LogP contribution in [0.25, 0.3) is 0 Å². The summed E-state index contributed by atoms with van der Waals surface area (Å²) in [4.78, 5) is 50.0. The number of rotatable bonds is 12. The molecule has 6 heteroatoms. The first kappa shape index (κ1) is 27.5. The van der Waals surface area contributed by atoms with Crippen LogP contribution in [0.5, 0.6) is 0 Å². The van der Waals surface area contributed by atoms with Gasteiger partial charge in [0.2, 0.25) is 0 Å². The highest BCUT2D eigenvalue weighted by molar-refractivity contribution is 6.23. The van der Waals surface area contributed by atoms with Crippen molar-refractivity contribution in [3.05, 3.63) is 58.7 Å². The fourth-order valence-electron chi connectivity index (χ4n) is 3.84. The summed E-state index contributed by atoms with van der Waals surface area (Å²) in [7, 11) is 0. The molecule has 2 aliphatic carbocycles. The SMILES string of the molecule is CC(C)(CO)CCCC1=CC(=O)C=C(C=CC2=CC(=O)C=C(CCCC(C)(C)CO)C2=O)C1=O. The molecule has 0 saturated carbocycles. The molecule has 2 aliphatic rings. The molecule has 0 bridgehead atoms. The summed E-state index contributed by atoms with van der Waals surface area (Å²) < 4.78 is 0. The van der Waals surface area contributed by atoms with E-state index in [2.05, 4.69) is 0 Å². The van der Waals surface area contributed by atoms with E-state index in [1.165, 1.54) is 36.5 Å². The van der Waals surface area contributed by atoms with Crippen LogP contribution in [0.4, 0.5) is 0 Å². The maximum Gasteiger partial charge on any atom is 0.189 e. The van der Waals surface area contributed by atoms with E-state index >= 15 is 0 Å². The number of carbonyl (C=O) groups excluding carboxylic acids is 4. The third-order valence-electron chi connectivity index (χ3n) is 6.23. The Labute approximate surface area is 201 Å². The molecular formula is C28H36O6. The van der Waals surface area contributed by atoms with Crippen LogP contribution in [0, 0.1) is 10.8 Å². The van der Waals surface area contributed by atoms with Gasteiger partial charge in [0.15, 0.2) is 23.1 Å².